The number of hydrogen-bond acceptors (Lipinski definition) is 1. The fourth-order valence-corrected chi connectivity index (χ4v) is 2.83. The summed E-state index contributed by atoms with van der Waals surface area (Å²) < 4.78 is 13.1. The summed E-state index contributed by atoms with van der Waals surface area (Å²) in [5, 5.41) is 6.18. The number of carbonyl (C=O) groups excluding carboxylic acids is 1. The standard InChI is InChI=1S/C17H15Cl2FN2O/c18-12-3-1-11(2-4-12)17(7-8-17)10-21-16(23)22-13-5-6-15(20)14(19)9-13/h1-6,9H,7-8,10H2,(H2,21,22,23). The number of rotatable bonds is 4. The summed E-state index contributed by atoms with van der Waals surface area (Å²) in [6.07, 6.45) is 2.05. The summed E-state index contributed by atoms with van der Waals surface area (Å²) >= 11 is 11.6. The van der Waals surface area contributed by atoms with Gasteiger partial charge in [0.15, 0.2) is 0 Å². The molecule has 2 N–H and O–H groups in total. The van der Waals surface area contributed by atoms with Crippen LogP contribution in [0, 0.1) is 5.82 Å². The monoisotopic (exact) mass is 352 g/mol. The highest BCUT2D eigenvalue weighted by Crippen LogP contribution is 2.47. The second kappa shape index (κ2) is 6.38. The Morgan fingerprint density at radius 2 is 1.83 bits per heavy atom. The number of benzene rings is 2. The molecule has 0 atom stereocenters. The Morgan fingerprint density at radius 3 is 2.43 bits per heavy atom. The van der Waals surface area contributed by atoms with E-state index in [4.69, 9.17) is 23.2 Å². The van der Waals surface area contributed by atoms with Crippen LogP contribution >= 0.6 is 23.2 Å². The zero-order valence-electron chi connectivity index (χ0n) is 12.2. The van der Waals surface area contributed by atoms with Crippen molar-refractivity contribution in [1.82, 2.24) is 5.32 Å². The molecule has 3 rings (SSSR count). The van der Waals surface area contributed by atoms with Gasteiger partial charge in [-0.25, -0.2) is 9.18 Å². The molecule has 0 saturated heterocycles. The quantitative estimate of drug-likeness (QED) is 0.799. The van der Waals surface area contributed by atoms with E-state index in [1.165, 1.54) is 23.8 Å². The highest BCUT2D eigenvalue weighted by Gasteiger charge is 2.44. The van der Waals surface area contributed by atoms with Gasteiger partial charge in [0.2, 0.25) is 0 Å². The molecule has 0 bridgehead atoms. The van der Waals surface area contributed by atoms with Crippen molar-refractivity contribution in [3.63, 3.8) is 0 Å². The van der Waals surface area contributed by atoms with Crippen molar-refractivity contribution in [1.29, 1.82) is 0 Å². The Hall–Kier alpha value is -1.78. The molecule has 0 aromatic heterocycles. The van der Waals surface area contributed by atoms with Crippen LogP contribution in [0.2, 0.25) is 10.0 Å². The van der Waals surface area contributed by atoms with Gasteiger partial charge in [-0.15, -0.1) is 0 Å². The summed E-state index contributed by atoms with van der Waals surface area (Å²) in [5.41, 5.74) is 1.61. The van der Waals surface area contributed by atoms with E-state index >= 15 is 0 Å². The topological polar surface area (TPSA) is 41.1 Å². The second-order valence-electron chi connectivity index (χ2n) is 5.72. The minimum absolute atomic E-state index is 0.0115. The fraction of sp³-hybridized carbons (Fsp3) is 0.235. The van der Waals surface area contributed by atoms with Crippen molar-refractivity contribution in [3.05, 3.63) is 63.9 Å². The largest absolute Gasteiger partial charge is 0.337 e. The molecular weight excluding hydrogens is 338 g/mol. The molecule has 1 fully saturated rings. The third-order valence-corrected chi connectivity index (χ3v) is 4.62. The van der Waals surface area contributed by atoms with Gasteiger partial charge in [-0.2, -0.15) is 0 Å². The number of anilines is 1. The normalized spacial score (nSPS) is 15.1. The van der Waals surface area contributed by atoms with E-state index in [1.807, 2.05) is 24.3 Å². The Labute approximate surface area is 143 Å². The highest BCUT2D eigenvalue weighted by atomic mass is 35.5. The Kier molecular flexibility index (Phi) is 4.46. The Bertz CT molecular complexity index is 730. The van der Waals surface area contributed by atoms with Gasteiger partial charge in [-0.05, 0) is 48.7 Å². The molecule has 2 aromatic carbocycles. The third-order valence-electron chi connectivity index (χ3n) is 4.07. The number of nitrogens with one attached hydrogen (secondary N) is 2. The zero-order chi connectivity index (χ0) is 16.4. The van der Waals surface area contributed by atoms with E-state index < -0.39 is 5.82 Å². The van der Waals surface area contributed by atoms with Gasteiger partial charge in [0.05, 0.1) is 5.02 Å². The molecule has 0 heterocycles. The molecule has 1 aliphatic rings. The minimum Gasteiger partial charge on any atom is -0.337 e. The van der Waals surface area contributed by atoms with Crippen LogP contribution in [0.15, 0.2) is 42.5 Å². The first kappa shape index (κ1) is 16.1. The minimum atomic E-state index is -0.516. The maximum absolute atomic E-state index is 13.1. The molecule has 0 radical (unpaired) electrons. The van der Waals surface area contributed by atoms with Gasteiger partial charge >= 0.3 is 6.03 Å². The molecule has 23 heavy (non-hydrogen) atoms. The molecule has 0 unspecified atom stereocenters. The summed E-state index contributed by atoms with van der Waals surface area (Å²) in [5.74, 6) is -0.516. The van der Waals surface area contributed by atoms with Crippen LogP contribution < -0.4 is 10.6 Å². The first-order valence-electron chi connectivity index (χ1n) is 7.24. The van der Waals surface area contributed by atoms with Crippen molar-refractivity contribution in [2.75, 3.05) is 11.9 Å². The van der Waals surface area contributed by atoms with Gasteiger partial charge in [-0.1, -0.05) is 35.3 Å². The molecule has 3 nitrogen and oxygen atoms in total. The number of halogens is 3. The summed E-state index contributed by atoms with van der Waals surface area (Å²) in [6, 6.07) is 11.4. The van der Waals surface area contributed by atoms with Gasteiger partial charge < -0.3 is 10.6 Å². The number of hydrogen-bond donors (Lipinski definition) is 2. The molecular formula is C17H15Cl2FN2O. The van der Waals surface area contributed by atoms with E-state index in [1.54, 1.807) is 0 Å². The van der Waals surface area contributed by atoms with Crippen molar-refractivity contribution < 1.29 is 9.18 Å². The molecule has 120 valence electrons. The molecule has 0 spiro atoms. The molecule has 1 saturated carbocycles. The summed E-state index contributed by atoms with van der Waals surface area (Å²) in [6.45, 7) is 0.537. The van der Waals surface area contributed by atoms with E-state index in [2.05, 4.69) is 10.6 Å². The van der Waals surface area contributed by atoms with Gasteiger partial charge in [0.25, 0.3) is 0 Å². The van der Waals surface area contributed by atoms with Crippen LogP contribution in [-0.2, 0) is 5.41 Å². The number of urea groups is 1. The van der Waals surface area contributed by atoms with Crippen LogP contribution in [0.1, 0.15) is 18.4 Å². The Balaban J connectivity index is 1.58. The van der Waals surface area contributed by atoms with Crippen LogP contribution in [-0.4, -0.2) is 12.6 Å². The molecule has 1 aliphatic carbocycles. The first-order valence-corrected chi connectivity index (χ1v) is 8.00. The zero-order valence-corrected chi connectivity index (χ0v) is 13.7. The van der Waals surface area contributed by atoms with Gasteiger partial charge in [0, 0.05) is 22.7 Å². The molecule has 2 aromatic rings. The smallest absolute Gasteiger partial charge is 0.319 e. The van der Waals surface area contributed by atoms with Crippen LogP contribution in [0.25, 0.3) is 0 Å². The predicted molar refractivity (Wildman–Crippen MR) is 90.8 cm³/mol. The lowest BCUT2D eigenvalue weighted by atomic mass is 9.96. The van der Waals surface area contributed by atoms with E-state index in [-0.39, 0.29) is 16.5 Å². The average molecular weight is 353 g/mol. The molecule has 2 amide bonds. The second-order valence-corrected chi connectivity index (χ2v) is 6.57. The third kappa shape index (κ3) is 3.77. The highest BCUT2D eigenvalue weighted by molar-refractivity contribution is 6.31. The van der Waals surface area contributed by atoms with Gasteiger partial charge in [-0.3, -0.25) is 0 Å². The lowest BCUT2D eigenvalue weighted by Gasteiger charge is -2.17. The predicted octanol–water partition coefficient (Wildman–Crippen LogP) is 4.99. The van der Waals surface area contributed by atoms with Gasteiger partial charge in [0.1, 0.15) is 5.82 Å². The van der Waals surface area contributed by atoms with Crippen molar-refractivity contribution in [2.45, 2.75) is 18.3 Å². The molecule has 0 aliphatic heterocycles. The fourth-order valence-electron chi connectivity index (χ4n) is 2.52. The van der Waals surface area contributed by atoms with E-state index in [0.29, 0.717) is 17.3 Å². The SMILES string of the molecule is O=C(NCC1(c2ccc(Cl)cc2)CC1)Nc1ccc(F)c(Cl)c1. The molecule has 6 heteroatoms. The van der Waals surface area contributed by atoms with Crippen LogP contribution in [0.5, 0.6) is 0 Å². The van der Waals surface area contributed by atoms with Crippen LogP contribution in [0.4, 0.5) is 14.9 Å². The lowest BCUT2D eigenvalue weighted by molar-refractivity contribution is 0.251. The number of amides is 2. The average Bonchev–Trinajstić information content (AvgIpc) is 3.31. The summed E-state index contributed by atoms with van der Waals surface area (Å²) in [7, 11) is 0. The van der Waals surface area contributed by atoms with E-state index in [9.17, 15) is 9.18 Å². The lowest BCUT2D eigenvalue weighted by Crippen LogP contribution is -2.35. The van der Waals surface area contributed by atoms with Crippen molar-refractivity contribution >= 4 is 34.9 Å². The van der Waals surface area contributed by atoms with Crippen LogP contribution in [0.3, 0.4) is 0 Å². The Morgan fingerprint density at radius 1 is 1.13 bits per heavy atom. The van der Waals surface area contributed by atoms with E-state index in [0.717, 1.165) is 12.8 Å². The van der Waals surface area contributed by atoms with Crippen molar-refractivity contribution in [3.8, 4) is 0 Å². The number of carbonyl (C=O) groups is 1. The maximum Gasteiger partial charge on any atom is 0.319 e. The summed E-state index contributed by atoms with van der Waals surface area (Å²) in [4.78, 5) is 12.0. The van der Waals surface area contributed by atoms with Crippen molar-refractivity contribution in [2.24, 2.45) is 0 Å². The maximum atomic E-state index is 13.1. The first-order chi connectivity index (χ1) is 11.0.